The Balaban J connectivity index is 2.20. The first kappa shape index (κ1) is 15.1. The van der Waals surface area contributed by atoms with Crippen molar-refractivity contribution in [2.75, 3.05) is 6.67 Å². The standard InChI is InChI=1S/C15H16FN3O2/c16-7-12(17)14(20)10-3-1-9(2-4-10)11-5-6-13(15(18)21)19-8-11/h1-6,8,12,14,20H,7,17H2,(H2,18,21)/t12-,14-/m1/s1. The van der Waals surface area contributed by atoms with E-state index in [0.29, 0.717) is 5.56 Å². The maximum atomic E-state index is 12.4. The van der Waals surface area contributed by atoms with Gasteiger partial charge in [-0.1, -0.05) is 30.3 Å². The van der Waals surface area contributed by atoms with E-state index in [4.69, 9.17) is 11.5 Å². The number of hydrogen-bond donors (Lipinski definition) is 3. The second kappa shape index (κ2) is 6.43. The van der Waals surface area contributed by atoms with E-state index >= 15 is 0 Å². The van der Waals surface area contributed by atoms with E-state index in [1.165, 1.54) is 0 Å². The quantitative estimate of drug-likeness (QED) is 0.769. The van der Waals surface area contributed by atoms with E-state index in [2.05, 4.69) is 4.98 Å². The number of alkyl halides is 1. The number of carbonyl (C=O) groups excluding carboxylic acids is 1. The first-order chi connectivity index (χ1) is 10.0. The number of carbonyl (C=O) groups is 1. The van der Waals surface area contributed by atoms with Gasteiger partial charge in [0, 0.05) is 11.8 Å². The highest BCUT2D eigenvalue weighted by Crippen LogP contribution is 2.22. The first-order valence-electron chi connectivity index (χ1n) is 6.38. The number of nitrogens with zero attached hydrogens (tertiary/aromatic N) is 1. The Morgan fingerprint density at radius 3 is 2.29 bits per heavy atom. The fourth-order valence-corrected chi connectivity index (χ4v) is 1.91. The van der Waals surface area contributed by atoms with Gasteiger partial charge in [-0.2, -0.15) is 0 Å². The van der Waals surface area contributed by atoms with E-state index < -0.39 is 24.7 Å². The molecular weight excluding hydrogens is 273 g/mol. The van der Waals surface area contributed by atoms with Crippen molar-refractivity contribution >= 4 is 5.91 Å². The van der Waals surface area contributed by atoms with E-state index in [-0.39, 0.29) is 5.69 Å². The molecule has 0 saturated carbocycles. The molecule has 1 amide bonds. The van der Waals surface area contributed by atoms with Gasteiger partial charge in [0.2, 0.25) is 0 Å². The SMILES string of the molecule is NC(=O)c1ccc(-c2ccc([C@@H](O)[C@H](N)CF)cc2)cn1. The summed E-state index contributed by atoms with van der Waals surface area (Å²) in [4.78, 5) is 14.9. The van der Waals surface area contributed by atoms with Crippen molar-refractivity contribution in [2.45, 2.75) is 12.1 Å². The van der Waals surface area contributed by atoms with Crippen LogP contribution in [-0.4, -0.2) is 28.7 Å². The van der Waals surface area contributed by atoms with Gasteiger partial charge in [0.1, 0.15) is 12.4 Å². The molecule has 0 spiro atoms. The third kappa shape index (κ3) is 3.42. The molecule has 0 bridgehead atoms. The number of benzene rings is 1. The number of primary amides is 1. The molecule has 1 aromatic heterocycles. The molecule has 0 fully saturated rings. The predicted molar refractivity (Wildman–Crippen MR) is 77.1 cm³/mol. The molecule has 0 saturated heterocycles. The molecule has 2 rings (SSSR count). The van der Waals surface area contributed by atoms with Gasteiger partial charge in [0.25, 0.3) is 5.91 Å². The lowest BCUT2D eigenvalue weighted by molar-refractivity contribution is 0.0995. The third-order valence-corrected chi connectivity index (χ3v) is 3.19. The molecular formula is C15H16FN3O2. The second-order valence-corrected chi connectivity index (χ2v) is 4.68. The monoisotopic (exact) mass is 289 g/mol. The first-order valence-corrected chi connectivity index (χ1v) is 6.38. The van der Waals surface area contributed by atoms with Crippen molar-refractivity contribution in [1.29, 1.82) is 0 Å². The lowest BCUT2D eigenvalue weighted by atomic mass is 10.00. The summed E-state index contributed by atoms with van der Waals surface area (Å²) in [5, 5.41) is 9.82. The van der Waals surface area contributed by atoms with E-state index in [1.807, 2.05) is 0 Å². The fourth-order valence-electron chi connectivity index (χ4n) is 1.91. The summed E-state index contributed by atoms with van der Waals surface area (Å²) in [5.41, 5.74) is 13.0. The van der Waals surface area contributed by atoms with Crippen LogP contribution in [0.2, 0.25) is 0 Å². The van der Waals surface area contributed by atoms with Crippen molar-refractivity contribution in [3.63, 3.8) is 0 Å². The number of amides is 1. The Morgan fingerprint density at radius 1 is 1.19 bits per heavy atom. The maximum Gasteiger partial charge on any atom is 0.267 e. The van der Waals surface area contributed by atoms with Crippen LogP contribution < -0.4 is 11.5 Å². The molecule has 5 nitrogen and oxygen atoms in total. The van der Waals surface area contributed by atoms with Crippen molar-refractivity contribution in [3.8, 4) is 11.1 Å². The number of aromatic nitrogens is 1. The van der Waals surface area contributed by atoms with Gasteiger partial charge in [-0.15, -0.1) is 0 Å². The zero-order valence-corrected chi connectivity index (χ0v) is 11.2. The average Bonchev–Trinajstić information content (AvgIpc) is 2.53. The van der Waals surface area contributed by atoms with Gasteiger partial charge < -0.3 is 16.6 Å². The summed E-state index contributed by atoms with van der Waals surface area (Å²) in [7, 11) is 0. The molecule has 2 atom stereocenters. The predicted octanol–water partition coefficient (Wildman–Crippen LogP) is 1.18. The minimum atomic E-state index is -1.04. The van der Waals surface area contributed by atoms with Crippen LogP contribution in [0.4, 0.5) is 4.39 Å². The van der Waals surface area contributed by atoms with Crippen LogP contribution in [0.25, 0.3) is 11.1 Å². The van der Waals surface area contributed by atoms with E-state index in [9.17, 15) is 14.3 Å². The topological polar surface area (TPSA) is 102 Å². The molecule has 5 N–H and O–H groups in total. The van der Waals surface area contributed by atoms with Crippen molar-refractivity contribution in [2.24, 2.45) is 11.5 Å². The van der Waals surface area contributed by atoms with Gasteiger partial charge in [0.15, 0.2) is 0 Å². The van der Waals surface area contributed by atoms with Crippen LogP contribution in [0.5, 0.6) is 0 Å². The van der Waals surface area contributed by atoms with Gasteiger partial charge in [-0.05, 0) is 17.2 Å². The van der Waals surface area contributed by atoms with Crippen LogP contribution in [0.1, 0.15) is 22.2 Å². The summed E-state index contributed by atoms with van der Waals surface area (Å²) in [6.45, 7) is -0.790. The summed E-state index contributed by atoms with van der Waals surface area (Å²) < 4.78 is 12.4. The van der Waals surface area contributed by atoms with E-state index in [1.54, 1.807) is 42.6 Å². The minimum absolute atomic E-state index is 0.194. The number of rotatable bonds is 5. The summed E-state index contributed by atoms with van der Waals surface area (Å²) >= 11 is 0. The van der Waals surface area contributed by atoms with Crippen LogP contribution in [-0.2, 0) is 0 Å². The van der Waals surface area contributed by atoms with Gasteiger partial charge >= 0.3 is 0 Å². The summed E-state index contributed by atoms with van der Waals surface area (Å²) in [6, 6.07) is 9.22. The molecule has 0 aliphatic rings. The molecule has 1 heterocycles. The minimum Gasteiger partial charge on any atom is -0.387 e. The van der Waals surface area contributed by atoms with Crippen molar-refractivity contribution in [1.82, 2.24) is 4.98 Å². The van der Waals surface area contributed by atoms with Crippen LogP contribution >= 0.6 is 0 Å². The normalized spacial score (nSPS) is 13.7. The Bertz CT molecular complexity index is 614. The highest BCUT2D eigenvalue weighted by Gasteiger charge is 2.16. The number of hydrogen-bond acceptors (Lipinski definition) is 4. The zero-order valence-electron chi connectivity index (χ0n) is 11.2. The number of aliphatic hydroxyl groups excluding tert-OH is 1. The lowest BCUT2D eigenvalue weighted by Gasteiger charge is -2.16. The Kier molecular flexibility index (Phi) is 4.62. The zero-order chi connectivity index (χ0) is 15.4. The summed E-state index contributed by atoms with van der Waals surface area (Å²) in [6.07, 6.45) is 0.498. The molecule has 21 heavy (non-hydrogen) atoms. The molecule has 0 aliphatic carbocycles. The van der Waals surface area contributed by atoms with E-state index in [0.717, 1.165) is 11.1 Å². The van der Waals surface area contributed by atoms with Gasteiger partial charge in [-0.25, -0.2) is 4.39 Å². The highest BCUT2D eigenvalue weighted by atomic mass is 19.1. The molecule has 0 radical (unpaired) electrons. The smallest absolute Gasteiger partial charge is 0.267 e. The van der Waals surface area contributed by atoms with Crippen LogP contribution in [0, 0.1) is 0 Å². The Labute approximate surface area is 121 Å². The highest BCUT2D eigenvalue weighted by molar-refractivity contribution is 5.91. The summed E-state index contributed by atoms with van der Waals surface area (Å²) in [5.74, 6) is -0.583. The van der Waals surface area contributed by atoms with Crippen LogP contribution in [0.3, 0.4) is 0 Å². The number of halogens is 1. The van der Waals surface area contributed by atoms with Crippen LogP contribution in [0.15, 0.2) is 42.6 Å². The van der Waals surface area contributed by atoms with Crippen molar-refractivity contribution in [3.05, 3.63) is 53.9 Å². The molecule has 0 unspecified atom stereocenters. The largest absolute Gasteiger partial charge is 0.387 e. The number of nitrogens with two attached hydrogens (primary N) is 2. The second-order valence-electron chi connectivity index (χ2n) is 4.68. The maximum absolute atomic E-state index is 12.4. The average molecular weight is 289 g/mol. The lowest BCUT2D eigenvalue weighted by Crippen LogP contribution is -2.30. The molecule has 2 aromatic rings. The third-order valence-electron chi connectivity index (χ3n) is 3.19. The molecule has 6 heteroatoms. The number of pyridine rings is 1. The van der Waals surface area contributed by atoms with Gasteiger partial charge in [-0.3, -0.25) is 9.78 Å². The van der Waals surface area contributed by atoms with Gasteiger partial charge in [0.05, 0.1) is 12.1 Å². The Morgan fingerprint density at radius 2 is 1.81 bits per heavy atom. The van der Waals surface area contributed by atoms with Crippen molar-refractivity contribution < 1.29 is 14.3 Å². The molecule has 0 aliphatic heterocycles. The number of aliphatic hydroxyl groups is 1. The Hall–Kier alpha value is -2.31. The fraction of sp³-hybridized carbons (Fsp3) is 0.200. The molecule has 110 valence electrons. The molecule has 1 aromatic carbocycles.